The monoisotopic (exact) mass is 205 g/mol. The van der Waals surface area contributed by atoms with Crippen molar-refractivity contribution in [1.82, 2.24) is 0 Å². The van der Waals surface area contributed by atoms with E-state index in [1.165, 1.54) is 0 Å². The van der Waals surface area contributed by atoms with Gasteiger partial charge in [-0.05, 0) is 11.0 Å². The number of rotatable bonds is 2. The smallest absolute Gasteiger partial charge is 0.258 e. The lowest BCUT2D eigenvalue weighted by atomic mass is 9.85. The van der Waals surface area contributed by atoms with Crippen LogP contribution >= 0.6 is 0 Å². The van der Waals surface area contributed by atoms with E-state index < -0.39 is 0 Å². The van der Waals surface area contributed by atoms with Crippen molar-refractivity contribution in [2.75, 3.05) is 0 Å². The molecule has 3 nitrogen and oxygen atoms in total. The Bertz CT molecular complexity index is 403. The molecule has 15 heavy (non-hydrogen) atoms. The van der Waals surface area contributed by atoms with Crippen LogP contribution in [0.5, 0.6) is 0 Å². The molecular formula is C12H15NO2. The van der Waals surface area contributed by atoms with Gasteiger partial charge in [0.25, 0.3) is 5.69 Å². The maximum absolute atomic E-state index is 10.9. The van der Waals surface area contributed by atoms with Crippen LogP contribution in [-0.4, -0.2) is 4.92 Å². The van der Waals surface area contributed by atoms with Crippen molar-refractivity contribution in [3.8, 4) is 0 Å². The highest BCUT2D eigenvalue weighted by atomic mass is 16.6. The molecule has 1 rings (SSSR count). The lowest BCUT2D eigenvalue weighted by Gasteiger charge is -2.18. The van der Waals surface area contributed by atoms with Gasteiger partial charge < -0.3 is 0 Å². The van der Waals surface area contributed by atoms with Crippen molar-refractivity contribution >= 4 is 11.8 Å². The summed E-state index contributed by atoms with van der Waals surface area (Å²) in [6.07, 6.45) is 1.61. The maximum Gasteiger partial charge on any atom is 0.273 e. The Kier molecular flexibility index (Phi) is 2.93. The molecule has 0 fully saturated rings. The molecule has 0 aromatic heterocycles. The van der Waals surface area contributed by atoms with Crippen LogP contribution in [0.25, 0.3) is 6.08 Å². The molecule has 0 bridgehead atoms. The first-order valence-corrected chi connectivity index (χ1v) is 4.77. The average Bonchev–Trinajstić information content (AvgIpc) is 2.15. The summed E-state index contributed by atoms with van der Waals surface area (Å²) in [7, 11) is 0. The SMILES string of the molecule is C=Cc1ccc(C(C)(C)C)c([N+](=O)[O-])c1. The molecule has 0 aliphatic carbocycles. The van der Waals surface area contributed by atoms with Crippen molar-refractivity contribution in [2.24, 2.45) is 0 Å². The molecule has 0 heterocycles. The minimum Gasteiger partial charge on any atom is -0.258 e. The second-order valence-corrected chi connectivity index (χ2v) is 4.49. The van der Waals surface area contributed by atoms with E-state index in [9.17, 15) is 10.1 Å². The van der Waals surface area contributed by atoms with Gasteiger partial charge in [0.05, 0.1) is 4.92 Å². The zero-order valence-electron chi connectivity index (χ0n) is 9.28. The van der Waals surface area contributed by atoms with Crippen LogP contribution in [0.4, 0.5) is 5.69 Å². The Hall–Kier alpha value is -1.64. The maximum atomic E-state index is 10.9. The first-order valence-electron chi connectivity index (χ1n) is 4.77. The molecule has 0 spiro atoms. The van der Waals surface area contributed by atoms with E-state index in [2.05, 4.69) is 6.58 Å². The number of hydrogen-bond acceptors (Lipinski definition) is 2. The van der Waals surface area contributed by atoms with Crippen LogP contribution in [0.2, 0.25) is 0 Å². The minimum atomic E-state index is -0.340. The number of nitrogens with zero attached hydrogens (tertiary/aromatic N) is 1. The van der Waals surface area contributed by atoms with Crippen LogP contribution in [0.1, 0.15) is 31.9 Å². The fourth-order valence-corrected chi connectivity index (χ4v) is 1.46. The predicted octanol–water partition coefficient (Wildman–Crippen LogP) is 3.54. The van der Waals surface area contributed by atoms with Crippen molar-refractivity contribution in [2.45, 2.75) is 26.2 Å². The van der Waals surface area contributed by atoms with Crippen LogP contribution in [-0.2, 0) is 5.41 Å². The summed E-state index contributed by atoms with van der Waals surface area (Å²) < 4.78 is 0. The number of hydrogen-bond donors (Lipinski definition) is 0. The van der Waals surface area contributed by atoms with Crippen molar-refractivity contribution in [3.63, 3.8) is 0 Å². The van der Waals surface area contributed by atoms with Gasteiger partial charge in [0.2, 0.25) is 0 Å². The van der Waals surface area contributed by atoms with Gasteiger partial charge in [0.15, 0.2) is 0 Å². The summed E-state index contributed by atoms with van der Waals surface area (Å²) in [6, 6.07) is 5.21. The van der Waals surface area contributed by atoms with E-state index in [0.717, 1.165) is 11.1 Å². The average molecular weight is 205 g/mol. The highest BCUT2D eigenvalue weighted by Gasteiger charge is 2.24. The first-order chi connectivity index (χ1) is 6.86. The quantitative estimate of drug-likeness (QED) is 0.547. The third kappa shape index (κ3) is 2.43. The molecule has 0 amide bonds. The molecule has 0 N–H and O–H groups in total. The molecule has 0 radical (unpaired) electrons. The summed E-state index contributed by atoms with van der Waals surface area (Å²) in [4.78, 5) is 10.6. The van der Waals surface area contributed by atoms with Gasteiger partial charge in [-0.15, -0.1) is 0 Å². The van der Waals surface area contributed by atoms with E-state index >= 15 is 0 Å². The molecular weight excluding hydrogens is 190 g/mol. The Labute approximate surface area is 89.6 Å². The van der Waals surface area contributed by atoms with Gasteiger partial charge in [-0.25, -0.2) is 0 Å². The lowest BCUT2D eigenvalue weighted by Crippen LogP contribution is -2.13. The predicted molar refractivity (Wildman–Crippen MR) is 61.9 cm³/mol. The third-order valence-corrected chi connectivity index (χ3v) is 2.26. The molecule has 0 unspecified atom stereocenters. The molecule has 1 aromatic carbocycles. The summed E-state index contributed by atoms with van der Waals surface area (Å²) in [5.74, 6) is 0. The standard InChI is InChI=1S/C12H15NO2/c1-5-9-6-7-10(12(2,3)4)11(8-9)13(14)15/h5-8H,1H2,2-4H3. The Morgan fingerprint density at radius 2 is 2.00 bits per heavy atom. The van der Waals surface area contributed by atoms with Crippen LogP contribution in [0.15, 0.2) is 24.8 Å². The summed E-state index contributed by atoms with van der Waals surface area (Å²) in [5.41, 5.74) is 1.47. The van der Waals surface area contributed by atoms with E-state index in [1.807, 2.05) is 26.8 Å². The molecule has 0 aliphatic heterocycles. The van der Waals surface area contributed by atoms with Gasteiger partial charge in [0.1, 0.15) is 0 Å². The number of nitro benzene ring substituents is 1. The molecule has 0 saturated heterocycles. The Morgan fingerprint density at radius 1 is 1.40 bits per heavy atom. The molecule has 0 saturated carbocycles. The molecule has 3 heteroatoms. The normalized spacial score (nSPS) is 11.1. The molecule has 0 atom stereocenters. The van der Waals surface area contributed by atoms with Gasteiger partial charge in [-0.2, -0.15) is 0 Å². The third-order valence-electron chi connectivity index (χ3n) is 2.26. The van der Waals surface area contributed by atoms with Crippen molar-refractivity contribution < 1.29 is 4.92 Å². The Morgan fingerprint density at radius 3 is 2.40 bits per heavy atom. The highest BCUT2D eigenvalue weighted by Crippen LogP contribution is 2.31. The fourth-order valence-electron chi connectivity index (χ4n) is 1.46. The van der Waals surface area contributed by atoms with E-state index in [0.29, 0.717) is 0 Å². The van der Waals surface area contributed by atoms with Crippen molar-refractivity contribution in [1.29, 1.82) is 0 Å². The second-order valence-electron chi connectivity index (χ2n) is 4.49. The topological polar surface area (TPSA) is 43.1 Å². The molecule has 1 aromatic rings. The van der Waals surface area contributed by atoms with Crippen LogP contribution in [0, 0.1) is 10.1 Å². The zero-order valence-corrected chi connectivity index (χ0v) is 9.28. The van der Waals surface area contributed by atoms with E-state index in [1.54, 1.807) is 18.2 Å². The van der Waals surface area contributed by atoms with Crippen LogP contribution in [0.3, 0.4) is 0 Å². The van der Waals surface area contributed by atoms with Crippen LogP contribution < -0.4 is 0 Å². The lowest BCUT2D eigenvalue weighted by molar-refractivity contribution is -0.386. The summed E-state index contributed by atoms with van der Waals surface area (Å²) in [5, 5.41) is 10.9. The minimum absolute atomic E-state index is 0.167. The summed E-state index contributed by atoms with van der Waals surface area (Å²) >= 11 is 0. The highest BCUT2D eigenvalue weighted by molar-refractivity contribution is 5.56. The second kappa shape index (κ2) is 3.85. The summed E-state index contributed by atoms with van der Waals surface area (Å²) in [6.45, 7) is 9.48. The van der Waals surface area contributed by atoms with Gasteiger partial charge in [0, 0.05) is 11.6 Å². The molecule has 80 valence electrons. The number of nitro groups is 1. The molecule has 0 aliphatic rings. The van der Waals surface area contributed by atoms with E-state index in [-0.39, 0.29) is 16.0 Å². The van der Waals surface area contributed by atoms with Crippen molar-refractivity contribution in [3.05, 3.63) is 46.0 Å². The Balaban J connectivity index is 3.40. The first kappa shape index (κ1) is 11.4. The fraction of sp³-hybridized carbons (Fsp3) is 0.333. The zero-order chi connectivity index (χ0) is 11.6. The number of benzene rings is 1. The van der Waals surface area contributed by atoms with Gasteiger partial charge in [-0.1, -0.05) is 45.6 Å². The largest absolute Gasteiger partial charge is 0.273 e. The van der Waals surface area contributed by atoms with E-state index in [4.69, 9.17) is 0 Å². The van der Waals surface area contributed by atoms with Gasteiger partial charge in [-0.3, -0.25) is 10.1 Å². The van der Waals surface area contributed by atoms with Gasteiger partial charge >= 0.3 is 0 Å².